The van der Waals surface area contributed by atoms with Crippen molar-refractivity contribution in [2.45, 2.75) is 27.2 Å². The van der Waals surface area contributed by atoms with Crippen molar-refractivity contribution in [2.75, 3.05) is 0 Å². The molecular weight excluding hydrogens is 270 g/mol. The van der Waals surface area contributed by atoms with Crippen molar-refractivity contribution in [2.24, 2.45) is 0 Å². The minimum atomic E-state index is 0.628. The van der Waals surface area contributed by atoms with Gasteiger partial charge in [0.25, 0.3) is 0 Å². The highest BCUT2D eigenvalue weighted by Gasteiger charge is 2.14. The summed E-state index contributed by atoms with van der Waals surface area (Å²) in [6.45, 7) is 6.27. The first-order valence-corrected chi connectivity index (χ1v) is 7.13. The third kappa shape index (κ3) is 2.10. The molecule has 0 aliphatic rings. The fourth-order valence-electron chi connectivity index (χ4n) is 2.35. The number of hydrogen-bond donors (Lipinski definition) is 0. The normalized spacial score (nSPS) is 11.2. The molecule has 0 radical (unpaired) electrons. The van der Waals surface area contributed by atoms with E-state index in [-0.39, 0.29) is 0 Å². The first kappa shape index (κ1) is 13.2. The second-order valence-corrected chi connectivity index (χ2v) is 5.45. The predicted octanol–water partition coefficient (Wildman–Crippen LogP) is 5.33. The van der Waals surface area contributed by atoms with Gasteiger partial charge in [-0.2, -0.15) is 0 Å². The highest BCUT2D eigenvalue weighted by Crippen LogP contribution is 2.32. The van der Waals surface area contributed by atoms with Crippen LogP contribution >= 0.6 is 11.6 Å². The zero-order valence-corrected chi connectivity index (χ0v) is 12.6. The molecule has 1 aromatic heterocycles. The van der Waals surface area contributed by atoms with Crippen LogP contribution in [0, 0.1) is 13.8 Å². The van der Waals surface area contributed by atoms with Crippen molar-refractivity contribution < 1.29 is 4.42 Å². The molecular formula is C17H16ClNO. The van der Waals surface area contributed by atoms with Gasteiger partial charge in [-0.1, -0.05) is 30.7 Å². The maximum Gasteiger partial charge on any atom is 0.227 e. The van der Waals surface area contributed by atoms with E-state index >= 15 is 0 Å². The largest absolute Gasteiger partial charge is 0.435 e. The molecule has 0 saturated carbocycles. The third-order valence-electron chi connectivity index (χ3n) is 3.75. The number of fused-ring (bicyclic) bond motifs is 1. The lowest BCUT2D eigenvalue weighted by atomic mass is 10.0. The van der Waals surface area contributed by atoms with Crippen molar-refractivity contribution in [1.82, 2.24) is 4.98 Å². The molecule has 0 amide bonds. The fraction of sp³-hybridized carbons (Fsp3) is 0.235. The highest BCUT2D eigenvalue weighted by atomic mass is 35.5. The lowest BCUT2D eigenvalue weighted by Crippen LogP contribution is -1.86. The molecule has 3 rings (SSSR count). The second kappa shape index (κ2) is 4.95. The van der Waals surface area contributed by atoms with Crippen LogP contribution in [0.1, 0.15) is 23.6 Å². The van der Waals surface area contributed by atoms with E-state index < -0.39 is 0 Å². The van der Waals surface area contributed by atoms with Gasteiger partial charge in [0, 0.05) is 5.56 Å². The zero-order valence-electron chi connectivity index (χ0n) is 11.8. The summed E-state index contributed by atoms with van der Waals surface area (Å²) in [7, 11) is 0. The Morgan fingerprint density at radius 1 is 1.20 bits per heavy atom. The topological polar surface area (TPSA) is 26.0 Å². The molecule has 0 atom stereocenters. The Labute approximate surface area is 123 Å². The molecule has 0 N–H and O–H groups in total. The summed E-state index contributed by atoms with van der Waals surface area (Å²) >= 11 is 6.28. The molecule has 0 fully saturated rings. The van der Waals surface area contributed by atoms with Crippen molar-refractivity contribution in [3.05, 3.63) is 52.0 Å². The van der Waals surface area contributed by atoms with Gasteiger partial charge in [0.05, 0.1) is 5.02 Å². The predicted molar refractivity (Wildman–Crippen MR) is 83.3 cm³/mol. The van der Waals surface area contributed by atoms with Gasteiger partial charge in [-0.05, 0) is 55.2 Å². The van der Waals surface area contributed by atoms with E-state index in [1.165, 1.54) is 16.7 Å². The maximum absolute atomic E-state index is 6.28. The molecule has 0 unspecified atom stereocenters. The number of benzene rings is 2. The molecule has 2 aromatic carbocycles. The third-order valence-corrected chi connectivity index (χ3v) is 4.03. The standard InChI is InChI=1S/C17H16ClNO/c1-4-12-8-14(18)16-15(9-12)19-17(20-16)13-7-5-6-10(2)11(13)3/h5-9H,4H2,1-3H3. The van der Waals surface area contributed by atoms with Gasteiger partial charge in [-0.3, -0.25) is 0 Å². The second-order valence-electron chi connectivity index (χ2n) is 5.05. The summed E-state index contributed by atoms with van der Waals surface area (Å²) in [4.78, 5) is 4.60. The summed E-state index contributed by atoms with van der Waals surface area (Å²) in [5, 5.41) is 0.628. The Morgan fingerprint density at radius 2 is 2.00 bits per heavy atom. The number of oxazole rings is 1. The minimum Gasteiger partial charge on any atom is -0.435 e. The molecule has 0 saturated heterocycles. The van der Waals surface area contributed by atoms with E-state index in [4.69, 9.17) is 16.0 Å². The summed E-state index contributed by atoms with van der Waals surface area (Å²) in [5.41, 5.74) is 6.10. The number of aromatic nitrogens is 1. The Balaban J connectivity index is 2.23. The lowest BCUT2D eigenvalue weighted by Gasteiger charge is -2.03. The SMILES string of the molecule is CCc1cc(Cl)c2oc(-c3cccc(C)c3C)nc2c1. The van der Waals surface area contributed by atoms with E-state index in [1.807, 2.05) is 24.3 Å². The fourth-order valence-corrected chi connectivity index (χ4v) is 2.62. The molecule has 0 spiro atoms. The van der Waals surface area contributed by atoms with Crippen LogP contribution in [-0.4, -0.2) is 4.98 Å². The molecule has 2 nitrogen and oxygen atoms in total. The van der Waals surface area contributed by atoms with E-state index in [2.05, 4.69) is 31.8 Å². The minimum absolute atomic E-state index is 0.628. The van der Waals surface area contributed by atoms with Gasteiger partial charge < -0.3 is 4.42 Å². The van der Waals surface area contributed by atoms with Crippen LogP contribution in [0.25, 0.3) is 22.6 Å². The monoisotopic (exact) mass is 285 g/mol. The number of hydrogen-bond acceptors (Lipinski definition) is 2. The summed E-state index contributed by atoms with van der Waals surface area (Å²) in [5.74, 6) is 0.636. The maximum atomic E-state index is 6.28. The van der Waals surface area contributed by atoms with E-state index in [9.17, 15) is 0 Å². The number of rotatable bonds is 2. The van der Waals surface area contributed by atoms with Crippen LogP contribution in [0.4, 0.5) is 0 Å². The summed E-state index contributed by atoms with van der Waals surface area (Å²) in [6, 6.07) is 10.1. The first-order valence-electron chi connectivity index (χ1n) is 6.75. The van der Waals surface area contributed by atoms with Crippen molar-refractivity contribution in [1.29, 1.82) is 0 Å². The van der Waals surface area contributed by atoms with Crippen molar-refractivity contribution in [3.63, 3.8) is 0 Å². The van der Waals surface area contributed by atoms with Crippen LogP contribution in [0.15, 0.2) is 34.7 Å². The number of nitrogens with zero attached hydrogens (tertiary/aromatic N) is 1. The van der Waals surface area contributed by atoms with Crippen LogP contribution in [0.3, 0.4) is 0 Å². The molecule has 0 aliphatic carbocycles. The quantitative estimate of drug-likeness (QED) is 0.636. The molecule has 102 valence electrons. The van der Waals surface area contributed by atoms with Crippen LogP contribution in [0.5, 0.6) is 0 Å². The highest BCUT2D eigenvalue weighted by molar-refractivity contribution is 6.34. The number of aryl methyl sites for hydroxylation is 2. The van der Waals surface area contributed by atoms with Gasteiger partial charge in [-0.25, -0.2) is 4.98 Å². The molecule has 0 aliphatic heterocycles. The summed E-state index contributed by atoms with van der Waals surface area (Å²) in [6.07, 6.45) is 0.932. The molecule has 1 heterocycles. The van der Waals surface area contributed by atoms with E-state index in [0.717, 1.165) is 17.5 Å². The Morgan fingerprint density at radius 3 is 2.75 bits per heavy atom. The zero-order chi connectivity index (χ0) is 14.3. The Bertz CT molecular complexity index is 789. The Hall–Kier alpha value is -1.80. The van der Waals surface area contributed by atoms with Crippen LogP contribution < -0.4 is 0 Å². The smallest absolute Gasteiger partial charge is 0.227 e. The van der Waals surface area contributed by atoms with Gasteiger partial charge in [-0.15, -0.1) is 0 Å². The molecule has 3 aromatic rings. The van der Waals surface area contributed by atoms with E-state index in [1.54, 1.807) is 0 Å². The van der Waals surface area contributed by atoms with Gasteiger partial charge in [0.15, 0.2) is 5.58 Å². The summed E-state index contributed by atoms with van der Waals surface area (Å²) < 4.78 is 5.88. The average molecular weight is 286 g/mol. The molecule has 0 bridgehead atoms. The first-order chi connectivity index (χ1) is 9.60. The van der Waals surface area contributed by atoms with Gasteiger partial charge >= 0.3 is 0 Å². The Kier molecular flexibility index (Phi) is 3.27. The van der Waals surface area contributed by atoms with Crippen molar-refractivity contribution >= 4 is 22.7 Å². The molecule has 20 heavy (non-hydrogen) atoms. The van der Waals surface area contributed by atoms with Crippen LogP contribution in [0.2, 0.25) is 5.02 Å². The van der Waals surface area contributed by atoms with Gasteiger partial charge in [0.2, 0.25) is 5.89 Å². The van der Waals surface area contributed by atoms with E-state index in [0.29, 0.717) is 16.5 Å². The van der Waals surface area contributed by atoms with Crippen LogP contribution in [-0.2, 0) is 6.42 Å². The number of halogens is 1. The average Bonchev–Trinajstić information content (AvgIpc) is 2.86. The lowest BCUT2D eigenvalue weighted by molar-refractivity contribution is 0.619. The van der Waals surface area contributed by atoms with Crippen molar-refractivity contribution in [3.8, 4) is 11.5 Å². The molecule has 3 heteroatoms. The van der Waals surface area contributed by atoms with Gasteiger partial charge in [0.1, 0.15) is 5.52 Å².